The largest absolute Gasteiger partial charge is 0.514 e. The molecule has 0 fully saturated rings. The van der Waals surface area contributed by atoms with Crippen LogP contribution >= 0.6 is 0 Å². The minimum atomic E-state index is -0.995. The second-order valence-electron chi connectivity index (χ2n) is 8.60. The summed E-state index contributed by atoms with van der Waals surface area (Å²) in [4.78, 5) is 38.4. The highest BCUT2D eigenvalue weighted by molar-refractivity contribution is 6.04. The van der Waals surface area contributed by atoms with Crippen molar-refractivity contribution < 1.29 is 33.3 Å². The van der Waals surface area contributed by atoms with Crippen LogP contribution in [0, 0.1) is 6.92 Å². The summed E-state index contributed by atoms with van der Waals surface area (Å²) in [5.41, 5.74) is -0.256. The number of esters is 1. The molecule has 0 saturated heterocycles. The lowest BCUT2D eigenvalue weighted by molar-refractivity contribution is 0.0203. The fourth-order valence-electron chi connectivity index (χ4n) is 3.25. The third-order valence-electron chi connectivity index (χ3n) is 4.73. The van der Waals surface area contributed by atoms with Crippen molar-refractivity contribution in [3.8, 4) is 17.2 Å². The van der Waals surface area contributed by atoms with E-state index in [1.807, 2.05) is 0 Å². The van der Waals surface area contributed by atoms with Crippen molar-refractivity contribution in [1.82, 2.24) is 0 Å². The summed E-state index contributed by atoms with van der Waals surface area (Å²) in [5.74, 6) is -0.472. The Morgan fingerprint density at radius 1 is 0.970 bits per heavy atom. The van der Waals surface area contributed by atoms with Crippen LogP contribution in [0.1, 0.15) is 79.7 Å². The predicted molar refractivity (Wildman–Crippen MR) is 124 cm³/mol. The third-order valence-corrected chi connectivity index (χ3v) is 4.73. The van der Waals surface area contributed by atoms with E-state index in [0.717, 1.165) is 19.3 Å². The number of benzene rings is 2. The number of hydrogen-bond acceptors (Lipinski definition) is 7. The minimum absolute atomic E-state index is 0.0216. The zero-order valence-corrected chi connectivity index (χ0v) is 20.2. The average Bonchev–Trinajstić information content (AvgIpc) is 2.72. The van der Waals surface area contributed by atoms with Gasteiger partial charge in [0.05, 0.1) is 12.7 Å². The first-order valence-corrected chi connectivity index (χ1v) is 11.0. The number of ether oxygens (including phenoxy) is 4. The number of hydrogen-bond donors (Lipinski definition) is 0. The molecule has 0 aliphatic rings. The van der Waals surface area contributed by atoms with E-state index in [1.54, 1.807) is 58.0 Å². The number of rotatable bonds is 9. The molecule has 0 N–H and O–H groups in total. The van der Waals surface area contributed by atoms with E-state index in [2.05, 4.69) is 6.92 Å². The fourth-order valence-corrected chi connectivity index (χ4v) is 3.25. The SMILES string of the molecule is CCCCCC(=O)c1cc(OC(=O)OC(C)(C)C)c(C(=O)Oc2ccccc2)c(C)c1OC. The molecule has 0 aliphatic carbocycles. The van der Waals surface area contributed by atoms with Crippen molar-refractivity contribution in [2.45, 2.75) is 65.9 Å². The van der Waals surface area contributed by atoms with Crippen molar-refractivity contribution in [2.24, 2.45) is 0 Å². The van der Waals surface area contributed by atoms with Gasteiger partial charge in [0, 0.05) is 12.0 Å². The second kappa shape index (κ2) is 11.5. The quantitative estimate of drug-likeness (QED) is 0.144. The summed E-state index contributed by atoms with van der Waals surface area (Å²) in [6.07, 6.45) is 1.92. The van der Waals surface area contributed by atoms with E-state index in [4.69, 9.17) is 18.9 Å². The van der Waals surface area contributed by atoms with E-state index in [-0.39, 0.29) is 28.4 Å². The Kier molecular flexibility index (Phi) is 9.02. The van der Waals surface area contributed by atoms with Crippen LogP contribution in [0.2, 0.25) is 0 Å². The highest BCUT2D eigenvalue weighted by Gasteiger charge is 2.29. The van der Waals surface area contributed by atoms with Gasteiger partial charge < -0.3 is 18.9 Å². The number of methoxy groups -OCH3 is 1. The normalized spacial score (nSPS) is 11.0. The van der Waals surface area contributed by atoms with Crippen LogP contribution in [-0.2, 0) is 4.74 Å². The van der Waals surface area contributed by atoms with E-state index >= 15 is 0 Å². The van der Waals surface area contributed by atoms with Gasteiger partial charge in [-0.1, -0.05) is 38.0 Å². The summed E-state index contributed by atoms with van der Waals surface area (Å²) in [7, 11) is 1.42. The highest BCUT2D eigenvalue weighted by atomic mass is 16.7. The van der Waals surface area contributed by atoms with Crippen molar-refractivity contribution in [3.05, 3.63) is 53.1 Å². The molecule has 0 saturated carbocycles. The average molecular weight is 457 g/mol. The Hall–Kier alpha value is -3.35. The first kappa shape index (κ1) is 25.9. The fraction of sp³-hybridized carbons (Fsp3) is 0.423. The van der Waals surface area contributed by atoms with Crippen LogP contribution < -0.4 is 14.2 Å². The van der Waals surface area contributed by atoms with Gasteiger partial charge >= 0.3 is 12.1 Å². The molecule has 0 bridgehead atoms. The monoisotopic (exact) mass is 456 g/mol. The van der Waals surface area contributed by atoms with E-state index in [1.165, 1.54) is 13.2 Å². The first-order valence-electron chi connectivity index (χ1n) is 11.0. The molecule has 33 heavy (non-hydrogen) atoms. The number of carbonyl (C=O) groups is 3. The zero-order valence-electron chi connectivity index (χ0n) is 20.2. The minimum Gasteiger partial charge on any atom is -0.496 e. The van der Waals surface area contributed by atoms with E-state index < -0.39 is 17.7 Å². The van der Waals surface area contributed by atoms with E-state index in [0.29, 0.717) is 17.7 Å². The lowest BCUT2D eigenvalue weighted by Gasteiger charge is -2.21. The number of Topliss-reactive ketones (excluding diaryl/α,β-unsaturated/α-hetero) is 1. The molecule has 0 aliphatic heterocycles. The maximum absolute atomic E-state index is 13.1. The Balaban J connectivity index is 2.53. The van der Waals surface area contributed by atoms with Gasteiger partial charge in [-0.15, -0.1) is 0 Å². The van der Waals surface area contributed by atoms with Crippen LogP contribution in [0.15, 0.2) is 36.4 Å². The predicted octanol–water partition coefficient (Wildman–Crippen LogP) is 6.30. The summed E-state index contributed by atoms with van der Waals surface area (Å²) in [6, 6.07) is 9.86. The highest BCUT2D eigenvalue weighted by Crippen LogP contribution is 2.36. The molecule has 178 valence electrons. The van der Waals surface area contributed by atoms with Gasteiger partial charge in [-0.05, 0) is 52.3 Å². The van der Waals surface area contributed by atoms with Crippen LogP contribution in [0.3, 0.4) is 0 Å². The second-order valence-corrected chi connectivity index (χ2v) is 8.60. The maximum atomic E-state index is 13.1. The Labute approximate surface area is 195 Å². The lowest BCUT2D eigenvalue weighted by Crippen LogP contribution is -2.27. The molecule has 2 rings (SSSR count). The summed E-state index contributed by atoms with van der Waals surface area (Å²) >= 11 is 0. The van der Waals surface area contributed by atoms with Crippen LogP contribution in [0.5, 0.6) is 17.2 Å². The molecule has 0 spiro atoms. The Bertz CT molecular complexity index is 988. The summed E-state index contributed by atoms with van der Waals surface area (Å²) in [6.45, 7) is 8.75. The zero-order chi connectivity index (χ0) is 24.6. The Morgan fingerprint density at radius 2 is 1.64 bits per heavy atom. The molecule has 7 nitrogen and oxygen atoms in total. The van der Waals surface area contributed by atoms with Crippen LogP contribution in [0.4, 0.5) is 4.79 Å². The molecule has 2 aromatic rings. The molecule has 0 unspecified atom stereocenters. The number of unbranched alkanes of at least 4 members (excludes halogenated alkanes) is 2. The van der Waals surface area contributed by atoms with Gasteiger partial charge in [0.25, 0.3) is 0 Å². The smallest absolute Gasteiger partial charge is 0.496 e. The third kappa shape index (κ3) is 7.34. The topological polar surface area (TPSA) is 88.1 Å². The van der Waals surface area contributed by atoms with Gasteiger partial charge in [-0.3, -0.25) is 4.79 Å². The molecular formula is C26H32O7. The number of carbonyl (C=O) groups excluding carboxylic acids is 3. The van der Waals surface area contributed by atoms with Gasteiger partial charge in [0.15, 0.2) is 5.78 Å². The van der Waals surface area contributed by atoms with Crippen molar-refractivity contribution in [2.75, 3.05) is 7.11 Å². The molecule has 2 aromatic carbocycles. The lowest BCUT2D eigenvalue weighted by atomic mass is 9.97. The van der Waals surface area contributed by atoms with Gasteiger partial charge in [-0.2, -0.15) is 0 Å². The summed E-state index contributed by atoms with van der Waals surface area (Å²) in [5, 5.41) is 0. The number of ketones is 1. The van der Waals surface area contributed by atoms with Crippen LogP contribution in [-0.4, -0.2) is 30.6 Å². The molecule has 0 heterocycles. The van der Waals surface area contributed by atoms with Gasteiger partial charge in [-0.25, -0.2) is 9.59 Å². The molecular weight excluding hydrogens is 424 g/mol. The van der Waals surface area contributed by atoms with Crippen molar-refractivity contribution in [1.29, 1.82) is 0 Å². The molecule has 0 aromatic heterocycles. The van der Waals surface area contributed by atoms with Crippen molar-refractivity contribution in [3.63, 3.8) is 0 Å². The van der Waals surface area contributed by atoms with Gasteiger partial charge in [0.2, 0.25) is 0 Å². The maximum Gasteiger partial charge on any atom is 0.514 e. The first-order chi connectivity index (χ1) is 15.6. The van der Waals surface area contributed by atoms with Gasteiger partial charge in [0.1, 0.15) is 28.4 Å². The molecule has 7 heteroatoms. The standard InChI is InChI=1S/C26H32O7/c1-7-8-10-15-20(27)19-16-21(32-25(29)33-26(3,4)5)22(17(2)23(19)30-6)24(28)31-18-13-11-9-12-14-18/h9,11-14,16H,7-8,10,15H2,1-6H3. The summed E-state index contributed by atoms with van der Waals surface area (Å²) < 4.78 is 21.6. The Morgan fingerprint density at radius 3 is 2.21 bits per heavy atom. The molecule has 0 atom stereocenters. The van der Waals surface area contributed by atoms with E-state index in [9.17, 15) is 14.4 Å². The van der Waals surface area contributed by atoms with Crippen LogP contribution in [0.25, 0.3) is 0 Å². The van der Waals surface area contributed by atoms with Crippen molar-refractivity contribution >= 4 is 17.9 Å². The number of para-hydroxylation sites is 1. The molecule has 0 radical (unpaired) electrons. The molecule has 0 amide bonds.